The number of piperidine rings is 1. The molecule has 2 aromatic heterocycles. The standard InChI is InChI=1S/C24H29N5O3/c1-17(2)22-20-21(26-27(22)3)23(31)29(16-25-20)15-24(32)11-13-28(14-12-24)19(30)10-9-18-7-5-4-6-8-18/h4-8,16,32H,1,9-15H2,2-3H3. The van der Waals surface area contributed by atoms with Crippen LogP contribution in [0.4, 0.5) is 0 Å². The van der Waals surface area contributed by atoms with E-state index in [1.165, 1.54) is 10.9 Å². The van der Waals surface area contributed by atoms with Gasteiger partial charge in [0.05, 0.1) is 24.2 Å². The Morgan fingerprint density at radius 3 is 2.53 bits per heavy atom. The number of allylic oxidation sites excluding steroid dienone is 1. The molecular weight excluding hydrogens is 406 g/mol. The SMILES string of the molecule is C=C(C)c1c2ncn(CC3(O)CCN(C(=O)CCc4ccccc4)CC3)c(=O)c2nn1C. The number of nitrogens with zero attached hydrogens (tertiary/aromatic N) is 5. The molecule has 0 unspecified atom stereocenters. The van der Waals surface area contributed by atoms with Crippen molar-refractivity contribution in [2.75, 3.05) is 13.1 Å². The summed E-state index contributed by atoms with van der Waals surface area (Å²) < 4.78 is 3.03. The third-order valence-electron chi connectivity index (χ3n) is 6.20. The molecule has 1 aliphatic rings. The average molecular weight is 436 g/mol. The molecule has 1 aliphatic heterocycles. The van der Waals surface area contributed by atoms with E-state index in [4.69, 9.17) is 0 Å². The Morgan fingerprint density at radius 1 is 1.19 bits per heavy atom. The number of hydrogen-bond acceptors (Lipinski definition) is 5. The van der Waals surface area contributed by atoms with Crippen LogP contribution in [0.3, 0.4) is 0 Å². The molecule has 0 spiro atoms. The Labute approximate surface area is 186 Å². The van der Waals surface area contributed by atoms with Crippen LogP contribution in [0.5, 0.6) is 0 Å². The molecule has 8 nitrogen and oxygen atoms in total. The largest absolute Gasteiger partial charge is 0.388 e. The van der Waals surface area contributed by atoms with Gasteiger partial charge in [0, 0.05) is 26.6 Å². The quantitative estimate of drug-likeness (QED) is 0.640. The fourth-order valence-electron chi connectivity index (χ4n) is 4.39. The van der Waals surface area contributed by atoms with E-state index in [0.29, 0.717) is 44.3 Å². The summed E-state index contributed by atoms with van der Waals surface area (Å²) in [5.41, 5.74) is 2.08. The molecule has 3 heterocycles. The van der Waals surface area contributed by atoms with Crippen molar-refractivity contribution in [3.05, 3.63) is 64.8 Å². The number of hydrogen-bond donors (Lipinski definition) is 1. The predicted octanol–water partition coefficient (Wildman–Crippen LogP) is 2.15. The van der Waals surface area contributed by atoms with Gasteiger partial charge in [-0.05, 0) is 37.3 Å². The van der Waals surface area contributed by atoms with Gasteiger partial charge in [-0.1, -0.05) is 36.9 Å². The molecule has 0 radical (unpaired) electrons. The third-order valence-corrected chi connectivity index (χ3v) is 6.20. The molecule has 4 rings (SSSR count). The summed E-state index contributed by atoms with van der Waals surface area (Å²) in [6.45, 7) is 6.85. The van der Waals surface area contributed by atoms with E-state index in [1.54, 1.807) is 16.6 Å². The topological polar surface area (TPSA) is 93.2 Å². The molecule has 8 heteroatoms. The molecule has 1 N–H and O–H groups in total. The normalized spacial score (nSPS) is 15.8. The van der Waals surface area contributed by atoms with Gasteiger partial charge in [-0.2, -0.15) is 5.10 Å². The Kier molecular flexibility index (Phi) is 5.97. The van der Waals surface area contributed by atoms with Crippen LogP contribution in [0.2, 0.25) is 0 Å². The molecule has 1 aromatic carbocycles. The van der Waals surface area contributed by atoms with Crippen LogP contribution in [0, 0.1) is 0 Å². The number of likely N-dealkylation sites (tertiary alicyclic amines) is 1. The number of amides is 1. The summed E-state index contributed by atoms with van der Waals surface area (Å²) in [4.78, 5) is 31.8. The number of aliphatic hydroxyl groups is 1. The second-order valence-electron chi connectivity index (χ2n) is 8.72. The van der Waals surface area contributed by atoms with Crippen LogP contribution in [0.1, 0.15) is 37.4 Å². The van der Waals surface area contributed by atoms with E-state index < -0.39 is 5.60 Å². The van der Waals surface area contributed by atoms with Gasteiger partial charge in [0.1, 0.15) is 5.52 Å². The first-order chi connectivity index (χ1) is 15.3. The summed E-state index contributed by atoms with van der Waals surface area (Å²) in [6.07, 6.45) is 3.45. The van der Waals surface area contributed by atoms with Crippen LogP contribution in [0.25, 0.3) is 16.6 Å². The predicted molar refractivity (Wildman–Crippen MR) is 123 cm³/mol. The van der Waals surface area contributed by atoms with E-state index in [2.05, 4.69) is 16.7 Å². The van der Waals surface area contributed by atoms with Crippen LogP contribution in [-0.4, -0.2) is 53.9 Å². The minimum absolute atomic E-state index is 0.0944. The highest BCUT2D eigenvalue weighted by Gasteiger charge is 2.34. The Balaban J connectivity index is 1.41. The second-order valence-corrected chi connectivity index (χ2v) is 8.72. The fourth-order valence-corrected chi connectivity index (χ4v) is 4.39. The van der Waals surface area contributed by atoms with E-state index >= 15 is 0 Å². The van der Waals surface area contributed by atoms with Crippen LogP contribution >= 0.6 is 0 Å². The zero-order valence-corrected chi connectivity index (χ0v) is 18.6. The minimum Gasteiger partial charge on any atom is -0.388 e. The van der Waals surface area contributed by atoms with Crippen molar-refractivity contribution in [3.8, 4) is 0 Å². The number of aryl methyl sites for hydroxylation is 2. The number of fused-ring (bicyclic) bond motifs is 1. The summed E-state index contributed by atoms with van der Waals surface area (Å²) in [5.74, 6) is 0.0944. The fraction of sp³-hybridized carbons (Fsp3) is 0.417. The molecule has 0 bridgehead atoms. The lowest BCUT2D eigenvalue weighted by molar-refractivity contribution is -0.135. The van der Waals surface area contributed by atoms with Crippen molar-refractivity contribution in [1.29, 1.82) is 0 Å². The monoisotopic (exact) mass is 435 g/mol. The third kappa shape index (κ3) is 4.36. The van der Waals surface area contributed by atoms with Crippen molar-refractivity contribution in [3.63, 3.8) is 0 Å². The smallest absolute Gasteiger partial charge is 0.281 e. The highest BCUT2D eigenvalue weighted by Crippen LogP contribution is 2.25. The van der Waals surface area contributed by atoms with Crippen molar-refractivity contribution < 1.29 is 9.90 Å². The molecule has 1 amide bonds. The molecule has 1 saturated heterocycles. The lowest BCUT2D eigenvalue weighted by Gasteiger charge is -2.38. The van der Waals surface area contributed by atoms with Crippen molar-refractivity contribution >= 4 is 22.5 Å². The first-order valence-electron chi connectivity index (χ1n) is 10.9. The molecule has 168 valence electrons. The van der Waals surface area contributed by atoms with Gasteiger partial charge in [-0.15, -0.1) is 0 Å². The second kappa shape index (κ2) is 8.70. The zero-order valence-electron chi connectivity index (χ0n) is 18.6. The van der Waals surface area contributed by atoms with Crippen LogP contribution in [-0.2, 0) is 24.8 Å². The van der Waals surface area contributed by atoms with Gasteiger partial charge in [0.25, 0.3) is 5.56 Å². The van der Waals surface area contributed by atoms with Gasteiger partial charge >= 0.3 is 0 Å². The minimum atomic E-state index is -1.07. The lowest BCUT2D eigenvalue weighted by Crippen LogP contribution is -2.49. The molecule has 0 aliphatic carbocycles. The summed E-state index contributed by atoms with van der Waals surface area (Å²) in [6, 6.07) is 9.94. The number of rotatable bonds is 6. The van der Waals surface area contributed by atoms with Gasteiger partial charge in [0.2, 0.25) is 5.91 Å². The highest BCUT2D eigenvalue weighted by atomic mass is 16.3. The molecule has 1 fully saturated rings. The first-order valence-corrected chi connectivity index (χ1v) is 10.9. The Bertz CT molecular complexity index is 1200. The van der Waals surface area contributed by atoms with Gasteiger partial charge in [0.15, 0.2) is 5.52 Å². The molecular formula is C24H29N5O3. The average Bonchev–Trinajstić information content (AvgIpc) is 3.12. The zero-order chi connectivity index (χ0) is 22.9. The van der Waals surface area contributed by atoms with Crippen molar-refractivity contribution in [1.82, 2.24) is 24.2 Å². The van der Waals surface area contributed by atoms with Crippen molar-refractivity contribution in [2.24, 2.45) is 7.05 Å². The van der Waals surface area contributed by atoms with E-state index in [0.717, 1.165) is 16.8 Å². The number of carbonyl (C=O) groups is 1. The van der Waals surface area contributed by atoms with Gasteiger partial charge in [-0.25, -0.2) is 4.98 Å². The van der Waals surface area contributed by atoms with Gasteiger partial charge in [-0.3, -0.25) is 18.8 Å². The van der Waals surface area contributed by atoms with Gasteiger partial charge < -0.3 is 10.0 Å². The van der Waals surface area contributed by atoms with Crippen molar-refractivity contribution in [2.45, 2.75) is 44.8 Å². The molecule has 0 atom stereocenters. The number of aromatic nitrogens is 4. The van der Waals surface area contributed by atoms with E-state index in [-0.39, 0.29) is 23.5 Å². The summed E-state index contributed by atoms with van der Waals surface area (Å²) in [7, 11) is 1.76. The molecule has 0 saturated carbocycles. The maximum absolute atomic E-state index is 13.0. The Hall–Kier alpha value is -3.26. The maximum Gasteiger partial charge on any atom is 0.281 e. The number of benzene rings is 1. The Morgan fingerprint density at radius 2 is 1.88 bits per heavy atom. The van der Waals surface area contributed by atoms with Crippen LogP contribution in [0.15, 0.2) is 48.0 Å². The maximum atomic E-state index is 13.0. The summed E-state index contributed by atoms with van der Waals surface area (Å²) >= 11 is 0. The van der Waals surface area contributed by atoms with E-state index in [1.807, 2.05) is 37.3 Å². The molecule has 3 aromatic rings. The molecule has 32 heavy (non-hydrogen) atoms. The summed E-state index contributed by atoms with van der Waals surface area (Å²) in [5, 5.41) is 15.4. The van der Waals surface area contributed by atoms with E-state index in [9.17, 15) is 14.7 Å². The van der Waals surface area contributed by atoms with Crippen LogP contribution < -0.4 is 5.56 Å². The first kappa shape index (κ1) is 22.0. The highest BCUT2D eigenvalue weighted by molar-refractivity contribution is 5.85. The lowest BCUT2D eigenvalue weighted by atomic mass is 9.91. The number of carbonyl (C=O) groups excluding carboxylic acids is 1.